The highest BCUT2D eigenvalue weighted by atomic mass is 19.4. The fourth-order valence-electron chi connectivity index (χ4n) is 2.01. The number of benzene rings is 1. The molecule has 0 radical (unpaired) electrons. The van der Waals surface area contributed by atoms with E-state index in [9.17, 15) is 17.6 Å². The van der Waals surface area contributed by atoms with Gasteiger partial charge in [-0.05, 0) is 37.1 Å². The minimum Gasteiger partial charge on any atom is -0.384 e. The molecule has 0 spiro atoms. The summed E-state index contributed by atoms with van der Waals surface area (Å²) in [6.45, 7) is 3.95. The molecule has 1 heterocycles. The maximum atomic E-state index is 13.5. The maximum Gasteiger partial charge on any atom is 0.433 e. The summed E-state index contributed by atoms with van der Waals surface area (Å²) in [5.74, 6) is -0.490. The summed E-state index contributed by atoms with van der Waals surface area (Å²) in [7, 11) is 0. The second kappa shape index (κ2) is 5.26. The number of pyridine rings is 1. The molecule has 0 saturated heterocycles. The molecule has 0 fully saturated rings. The Labute approximate surface area is 113 Å². The average molecular weight is 286 g/mol. The van der Waals surface area contributed by atoms with Crippen LogP contribution in [0, 0.1) is 12.7 Å². The lowest BCUT2D eigenvalue weighted by Gasteiger charge is -2.14. The van der Waals surface area contributed by atoms with E-state index in [1.807, 2.05) is 6.92 Å². The van der Waals surface area contributed by atoms with Crippen molar-refractivity contribution >= 4 is 16.6 Å². The second-order valence-corrected chi connectivity index (χ2v) is 4.60. The summed E-state index contributed by atoms with van der Waals surface area (Å²) >= 11 is 0. The molecular weight excluding hydrogens is 272 g/mol. The summed E-state index contributed by atoms with van der Waals surface area (Å²) in [5.41, 5.74) is -0.171. The zero-order valence-electron chi connectivity index (χ0n) is 11.1. The summed E-state index contributed by atoms with van der Waals surface area (Å²) in [4.78, 5) is 3.62. The Morgan fingerprint density at radius 1 is 1.20 bits per heavy atom. The third-order valence-electron chi connectivity index (χ3n) is 2.92. The van der Waals surface area contributed by atoms with Crippen molar-refractivity contribution in [2.45, 2.75) is 26.4 Å². The van der Waals surface area contributed by atoms with Crippen LogP contribution in [0.1, 0.15) is 24.6 Å². The number of fused-ring (bicyclic) bond motifs is 1. The Morgan fingerprint density at radius 3 is 2.50 bits per heavy atom. The predicted octanol–water partition coefficient (Wildman–Crippen LogP) is 4.52. The lowest BCUT2D eigenvalue weighted by Crippen LogP contribution is -2.11. The molecule has 108 valence electrons. The van der Waals surface area contributed by atoms with E-state index in [-0.39, 0.29) is 11.2 Å². The molecule has 0 aliphatic rings. The number of anilines is 1. The van der Waals surface area contributed by atoms with E-state index in [0.29, 0.717) is 17.5 Å². The van der Waals surface area contributed by atoms with Gasteiger partial charge in [-0.25, -0.2) is 9.37 Å². The zero-order chi connectivity index (χ0) is 14.9. The van der Waals surface area contributed by atoms with Crippen LogP contribution < -0.4 is 5.32 Å². The van der Waals surface area contributed by atoms with Gasteiger partial charge >= 0.3 is 6.18 Å². The lowest BCUT2D eigenvalue weighted by atomic mass is 10.1. The number of rotatable bonds is 3. The van der Waals surface area contributed by atoms with E-state index in [4.69, 9.17) is 0 Å². The first-order valence-corrected chi connectivity index (χ1v) is 6.25. The van der Waals surface area contributed by atoms with Crippen molar-refractivity contribution in [3.63, 3.8) is 0 Å². The van der Waals surface area contributed by atoms with E-state index in [0.717, 1.165) is 12.5 Å². The van der Waals surface area contributed by atoms with Crippen molar-refractivity contribution in [3.8, 4) is 0 Å². The first-order valence-electron chi connectivity index (χ1n) is 6.25. The highest BCUT2D eigenvalue weighted by Crippen LogP contribution is 2.34. The molecule has 1 aromatic carbocycles. The van der Waals surface area contributed by atoms with Crippen LogP contribution in [0.4, 0.5) is 23.2 Å². The summed E-state index contributed by atoms with van der Waals surface area (Å²) in [6.07, 6.45) is -3.78. The molecule has 1 N–H and O–H groups in total. The lowest BCUT2D eigenvalue weighted by molar-refractivity contribution is -0.140. The minimum absolute atomic E-state index is 0.167. The monoisotopic (exact) mass is 286 g/mol. The fraction of sp³-hybridized carbons (Fsp3) is 0.357. The Hall–Kier alpha value is -1.85. The van der Waals surface area contributed by atoms with Gasteiger partial charge in [-0.1, -0.05) is 6.92 Å². The number of nitrogens with zero attached hydrogens (tertiary/aromatic N) is 1. The van der Waals surface area contributed by atoms with Crippen LogP contribution in [0.5, 0.6) is 0 Å². The van der Waals surface area contributed by atoms with E-state index < -0.39 is 17.7 Å². The van der Waals surface area contributed by atoms with Gasteiger partial charge in [0.15, 0.2) is 0 Å². The molecule has 2 aromatic rings. The smallest absolute Gasteiger partial charge is 0.384 e. The Kier molecular flexibility index (Phi) is 3.83. The van der Waals surface area contributed by atoms with Gasteiger partial charge in [-0.2, -0.15) is 13.2 Å². The number of hydrogen-bond acceptors (Lipinski definition) is 2. The van der Waals surface area contributed by atoms with E-state index in [1.54, 1.807) is 6.92 Å². The van der Waals surface area contributed by atoms with E-state index >= 15 is 0 Å². The number of alkyl halides is 3. The maximum absolute atomic E-state index is 13.5. The molecule has 0 unspecified atom stereocenters. The number of aryl methyl sites for hydroxylation is 1. The fourth-order valence-corrected chi connectivity index (χ4v) is 2.01. The van der Waals surface area contributed by atoms with Gasteiger partial charge in [0.2, 0.25) is 0 Å². The molecule has 0 saturated carbocycles. The van der Waals surface area contributed by atoms with Gasteiger partial charge in [-0.3, -0.25) is 0 Å². The van der Waals surface area contributed by atoms with Crippen LogP contribution in [-0.2, 0) is 6.18 Å². The Bertz CT molecular complexity index is 635. The minimum atomic E-state index is -4.53. The molecule has 0 aliphatic heterocycles. The quantitative estimate of drug-likeness (QED) is 0.839. The van der Waals surface area contributed by atoms with E-state index in [1.165, 1.54) is 12.1 Å². The number of nitrogens with one attached hydrogen (secondary N) is 1. The molecule has 0 bridgehead atoms. The number of hydrogen-bond donors (Lipinski definition) is 1. The van der Waals surface area contributed by atoms with Crippen LogP contribution >= 0.6 is 0 Å². The predicted molar refractivity (Wildman–Crippen MR) is 70.2 cm³/mol. The van der Waals surface area contributed by atoms with Crippen molar-refractivity contribution in [1.82, 2.24) is 4.98 Å². The topological polar surface area (TPSA) is 24.9 Å². The molecule has 2 rings (SSSR count). The first kappa shape index (κ1) is 14.6. The molecule has 2 nitrogen and oxygen atoms in total. The molecule has 0 aliphatic carbocycles. The van der Waals surface area contributed by atoms with Crippen molar-refractivity contribution in [2.24, 2.45) is 0 Å². The van der Waals surface area contributed by atoms with Gasteiger partial charge in [0.25, 0.3) is 0 Å². The van der Waals surface area contributed by atoms with Gasteiger partial charge in [-0.15, -0.1) is 0 Å². The van der Waals surface area contributed by atoms with Gasteiger partial charge in [0.1, 0.15) is 11.5 Å². The zero-order valence-corrected chi connectivity index (χ0v) is 11.1. The summed E-state index contributed by atoms with van der Waals surface area (Å²) in [6, 6.07) is 3.31. The molecule has 0 atom stereocenters. The van der Waals surface area contributed by atoms with Crippen LogP contribution in [-0.4, -0.2) is 11.5 Å². The van der Waals surface area contributed by atoms with E-state index in [2.05, 4.69) is 10.3 Å². The summed E-state index contributed by atoms with van der Waals surface area (Å²) in [5, 5.41) is 3.26. The van der Waals surface area contributed by atoms with Gasteiger partial charge in [0, 0.05) is 17.6 Å². The van der Waals surface area contributed by atoms with Crippen molar-refractivity contribution in [3.05, 3.63) is 35.3 Å². The van der Waals surface area contributed by atoms with Gasteiger partial charge in [0.05, 0.1) is 5.52 Å². The molecule has 1 aromatic heterocycles. The molecule has 6 heteroatoms. The standard InChI is InChI=1S/C14H14F4N2/c1-3-4-19-11-7-12(14(16,17)18)20-13-8(2)5-9(15)6-10(11)13/h5-7H,3-4H2,1-2H3,(H,19,20). The third kappa shape index (κ3) is 2.84. The highest BCUT2D eigenvalue weighted by molar-refractivity contribution is 5.93. The van der Waals surface area contributed by atoms with Crippen molar-refractivity contribution in [1.29, 1.82) is 0 Å². The largest absolute Gasteiger partial charge is 0.433 e. The average Bonchev–Trinajstić information content (AvgIpc) is 2.34. The van der Waals surface area contributed by atoms with Crippen molar-refractivity contribution in [2.75, 3.05) is 11.9 Å². The number of aromatic nitrogens is 1. The number of halogens is 4. The van der Waals surface area contributed by atoms with Crippen LogP contribution in [0.15, 0.2) is 18.2 Å². The summed E-state index contributed by atoms with van der Waals surface area (Å²) < 4.78 is 52.1. The second-order valence-electron chi connectivity index (χ2n) is 4.60. The van der Waals surface area contributed by atoms with Crippen LogP contribution in [0.2, 0.25) is 0 Å². The van der Waals surface area contributed by atoms with Crippen LogP contribution in [0.25, 0.3) is 10.9 Å². The van der Waals surface area contributed by atoms with Crippen LogP contribution in [0.3, 0.4) is 0 Å². The van der Waals surface area contributed by atoms with Crippen molar-refractivity contribution < 1.29 is 17.6 Å². The first-order chi connectivity index (χ1) is 9.32. The third-order valence-corrected chi connectivity index (χ3v) is 2.92. The highest BCUT2D eigenvalue weighted by Gasteiger charge is 2.33. The molecular formula is C14H14F4N2. The van der Waals surface area contributed by atoms with Gasteiger partial charge < -0.3 is 5.32 Å². The Balaban J connectivity index is 2.71. The molecule has 0 amide bonds. The normalized spacial score (nSPS) is 11.9. The molecule has 20 heavy (non-hydrogen) atoms. The Morgan fingerprint density at radius 2 is 1.90 bits per heavy atom. The SMILES string of the molecule is CCCNc1cc(C(F)(F)F)nc2c(C)cc(F)cc12.